The number of benzene rings is 4. The normalized spacial score (nSPS) is 11.5. The van der Waals surface area contributed by atoms with E-state index in [1.165, 1.54) is 28.9 Å². The third kappa shape index (κ3) is 7.71. The zero-order chi connectivity index (χ0) is 35.6. The van der Waals surface area contributed by atoms with E-state index in [4.69, 9.17) is 46.4 Å². The van der Waals surface area contributed by atoms with Gasteiger partial charge in [0.25, 0.3) is 21.8 Å². The number of hydrogen-bond donors (Lipinski definition) is 2. The summed E-state index contributed by atoms with van der Waals surface area (Å²) in [6.45, 7) is 4.13. The van der Waals surface area contributed by atoms with Crippen LogP contribution in [0.25, 0.3) is 16.5 Å². The Hall–Kier alpha value is -4.13. The van der Waals surface area contributed by atoms with Crippen molar-refractivity contribution in [1.29, 1.82) is 0 Å². The molecular weight excluding hydrogens is 734 g/mol. The third-order valence-corrected chi connectivity index (χ3v) is 10.6. The number of aromatic carboxylic acids is 1. The standard InChI is InChI=1S/C34H28Cl4N4O6S/c1-3-4-14-41(18-20-8-12-27(36)28(37)15-20)33(44)31-30(38)19(2)42(39-31)29-13-10-22(16-25(29)34(45)46)32(43)40-49(47,48)23-11-9-21-6-5-7-26(35)24(21)17-23/h5-13,15-17H,3-4,14,18H2,1-2H3,(H,40,43)(H,45,46). The van der Waals surface area contributed by atoms with Gasteiger partial charge >= 0.3 is 5.97 Å². The second-order valence-corrected chi connectivity index (χ2v) is 14.4. The van der Waals surface area contributed by atoms with Crippen molar-refractivity contribution >= 4 is 85.0 Å². The van der Waals surface area contributed by atoms with Crippen molar-refractivity contribution in [2.45, 2.75) is 38.1 Å². The molecule has 0 unspecified atom stereocenters. The molecule has 0 aliphatic rings. The van der Waals surface area contributed by atoms with E-state index in [-0.39, 0.29) is 44.7 Å². The third-order valence-electron chi connectivity index (χ3n) is 7.73. The van der Waals surface area contributed by atoms with Gasteiger partial charge in [0.2, 0.25) is 0 Å². The lowest BCUT2D eigenvalue weighted by molar-refractivity contribution is 0.0695. The molecule has 0 spiro atoms. The van der Waals surface area contributed by atoms with Crippen molar-refractivity contribution in [2.24, 2.45) is 0 Å². The van der Waals surface area contributed by atoms with Crippen LogP contribution < -0.4 is 4.72 Å². The van der Waals surface area contributed by atoms with Crippen molar-refractivity contribution in [3.8, 4) is 5.69 Å². The topological polar surface area (TPSA) is 139 Å². The van der Waals surface area contributed by atoms with Crippen molar-refractivity contribution in [3.63, 3.8) is 0 Å². The molecule has 15 heteroatoms. The molecule has 5 aromatic rings. The number of hydrogen-bond acceptors (Lipinski definition) is 6. The average Bonchev–Trinajstić information content (AvgIpc) is 3.37. The first-order chi connectivity index (χ1) is 23.2. The molecule has 4 aromatic carbocycles. The van der Waals surface area contributed by atoms with Gasteiger partial charge in [-0.2, -0.15) is 5.10 Å². The minimum absolute atomic E-state index is 0.000815. The molecule has 10 nitrogen and oxygen atoms in total. The molecule has 0 saturated heterocycles. The summed E-state index contributed by atoms with van der Waals surface area (Å²) in [4.78, 5) is 40.7. The van der Waals surface area contributed by atoms with Crippen LogP contribution in [0.1, 0.15) is 62.2 Å². The maximum absolute atomic E-state index is 13.8. The number of fused-ring (bicyclic) bond motifs is 1. The predicted molar refractivity (Wildman–Crippen MR) is 190 cm³/mol. The van der Waals surface area contributed by atoms with Crippen molar-refractivity contribution < 1.29 is 27.9 Å². The fourth-order valence-electron chi connectivity index (χ4n) is 5.12. The highest BCUT2D eigenvalue weighted by atomic mass is 35.5. The molecule has 1 aromatic heterocycles. The van der Waals surface area contributed by atoms with Crippen LogP contribution in [0.2, 0.25) is 20.1 Å². The number of nitrogens with zero attached hydrogens (tertiary/aromatic N) is 3. The Bertz CT molecular complexity index is 2240. The maximum atomic E-state index is 13.8. The van der Waals surface area contributed by atoms with Gasteiger partial charge in [0.15, 0.2) is 5.69 Å². The monoisotopic (exact) mass is 760 g/mol. The van der Waals surface area contributed by atoms with Gasteiger partial charge in [-0.25, -0.2) is 22.6 Å². The molecule has 0 radical (unpaired) electrons. The van der Waals surface area contributed by atoms with E-state index in [1.54, 1.807) is 54.3 Å². The summed E-state index contributed by atoms with van der Waals surface area (Å²) in [5.41, 5.74) is 0.270. The summed E-state index contributed by atoms with van der Waals surface area (Å²) in [6, 6.07) is 18.0. The first-order valence-corrected chi connectivity index (χ1v) is 17.8. The van der Waals surface area contributed by atoms with Crippen LogP contribution in [0.15, 0.2) is 77.7 Å². The lowest BCUT2D eigenvalue weighted by Gasteiger charge is -2.22. The summed E-state index contributed by atoms with van der Waals surface area (Å²) < 4.78 is 29.4. The SMILES string of the molecule is CCCCN(Cc1ccc(Cl)c(Cl)c1)C(=O)c1nn(-c2ccc(C(=O)NS(=O)(=O)c3ccc4cccc(Cl)c4c3)cc2C(=O)O)c(C)c1Cl. The van der Waals surface area contributed by atoms with Gasteiger partial charge in [0.05, 0.1) is 36.9 Å². The van der Waals surface area contributed by atoms with Crippen LogP contribution in [0.5, 0.6) is 0 Å². The zero-order valence-electron chi connectivity index (χ0n) is 26.0. The van der Waals surface area contributed by atoms with Crippen LogP contribution in [-0.2, 0) is 16.6 Å². The van der Waals surface area contributed by atoms with Crippen LogP contribution >= 0.6 is 46.4 Å². The van der Waals surface area contributed by atoms with E-state index in [1.807, 2.05) is 11.6 Å². The van der Waals surface area contributed by atoms with Crippen molar-refractivity contribution in [1.82, 2.24) is 19.4 Å². The molecule has 0 atom stereocenters. The second-order valence-electron chi connectivity index (χ2n) is 11.1. The summed E-state index contributed by atoms with van der Waals surface area (Å²) in [6.07, 6.45) is 1.51. The van der Waals surface area contributed by atoms with Crippen LogP contribution in [-0.4, -0.2) is 52.5 Å². The molecule has 0 aliphatic carbocycles. The van der Waals surface area contributed by atoms with Crippen LogP contribution in [0.4, 0.5) is 0 Å². The largest absolute Gasteiger partial charge is 0.478 e. The van der Waals surface area contributed by atoms with Crippen LogP contribution in [0, 0.1) is 6.92 Å². The molecule has 1 heterocycles. The highest BCUT2D eigenvalue weighted by Gasteiger charge is 2.28. The number of amides is 2. The Morgan fingerprint density at radius 2 is 1.67 bits per heavy atom. The van der Waals surface area contributed by atoms with Gasteiger partial charge in [0, 0.05) is 29.1 Å². The number of carboxylic acid groups (broad SMARTS) is 1. The molecule has 0 fully saturated rings. The Morgan fingerprint density at radius 1 is 0.918 bits per heavy atom. The van der Waals surface area contributed by atoms with E-state index >= 15 is 0 Å². The number of unbranched alkanes of at least 4 members (excludes halogenated alkanes) is 1. The van der Waals surface area contributed by atoms with Crippen molar-refractivity contribution in [3.05, 3.63) is 121 Å². The fraction of sp³-hybridized carbons (Fsp3) is 0.176. The van der Waals surface area contributed by atoms with E-state index in [0.717, 1.165) is 18.1 Å². The lowest BCUT2D eigenvalue weighted by Crippen LogP contribution is -2.32. The zero-order valence-corrected chi connectivity index (χ0v) is 29.8. The highest BCUT2D eigenvalue weighted by Crippen LogP contribution is 2.29. The van der Waals surface area contributed by atoms with Crippen LogP contribution in [0.3, 0.4) is 0 Å². The molecule has 2 N–H and O–H groups in total. The molecular formula is C34H28Cl4N4O6S. The second kappa shape index (κ2) is 14.8. The van der Waals surface area contributed by atoms with Gasteiger partial charge in [-0.3, -0.25) is 9.59 Å². The number of sulfonamides is 1. The number of nitrogens with one attached hydrogen (secondary N) is 1. The predicted octanol–water partition coefficient (Wildman–Crippen LogP) is 8.21. The molecule has 0 bridgehead atoms. The van der Waals surface area contributed by atoms with Gasteiger partial charge in [0.1, 0.15) is 0 Å². The number of carbonyl (C=O) groups is 3. The summed E-state index contributed by atoms with van der Waals surface area (Å²) in [5.74, 6) is -2.98. The fourth-order valence-corrected chi connectivity index (χ4v) is 6.87. The lowest BCUT2D eigenvalue weighted by atomic mass is 10.1. The quantitative estimate of drug-likeness (QED) is 0.138. The summed E-state index contributed by atoms with van der Waals surface area (Å²) in [5, 5.41) is 16.8. The Morgan fingerprint density at radius 3 is 2.37 bits per heavy atom. The highest BCUT2D eigenvalue weighted by molar-refractivity contribution is 7.90. The molecule has 0 saturated carbocycles. The number of carboxylic acids is 1. The maximum Gasteiger partial charge on any atom is 0.337 e. The number of halogens is 4. The number of carbonyl (C=O) groups excluding carboxylic acids is 2. The minimum atomic E-state index is -4.37. The number of rotatable bonds is 11. The van der Waals surface area contributed by atoms with Crippen molar-refractivity contribution in [2.75, 3.05) is 6.54 Å². The smallest absolute Gasteiger partial charge is 0.337 e. The Kier molecular flexibility index (Phi) is 10.9. The Balaban J connectivity index is 1.45. The summed E-state index contributed by atoms with van der Waals surface area (Å²) in [7, 11) is -4.37. The Labute approximate surface area is 302 Å². The van der Waals surface area contributed by atoms with E-state index in [2.05, 4.69) is 5.10 Å². The van der Waals surface area contributed by atoms with E-state index in [9.17, 15) is 27.9 Å². The molecule has 5 rings (SSSR count). The number of aromatic nitrogens is 2. The molecule has 2 amide bonds. The van der Waals surface area contributed by atoms with E-state index in [0.29, 0.717) is 38.8 Å². The minimum Gasteiger partial charge on any atom is -0.478 e. The van der Waals surface area contributed by atoms with Gasteiger partial charge in [-0.05, 0) is 72.8 Å². The van der Waals surface area contributed by atoms with Gasteiger partial charge in [-0.1, -0.05) is 84.0 Å². The van der Waals surface area contributed by atoms with Gasteiger partial charge < -0.3 is 10.0 Å². The first kappa shape index (κ1) is 36.2. The molecule has 254 valence electrons. The van der Waals surface area contributed by atoms with E-state index < -0.39 is 27.8 Å². The summed E-state index contributed by atoms with van der Waals surface area (Å²) >= 11 is 25.1. The molecule has 49 heavy (non-hydrogen) atoms. The first-order valence-electron chi connectivity index (χ1n) is 14.8. The molecule has 0 aliphatic heterocycles. The van der Waals surface area contributed by atoms with Gasteiger partial charge in [-0.15, -0.1) is 0 Å². The average molecular weight is 762 g/mol.